The number of halogens is 1. The average Bonchev–Trinajstić information content (AvgIpc) is 2.84. The summed E-state index contributed by atoms with van der Waals surface area (Å²) in [5.74, 6) is -0.556. The molecule has 0 spiro atoms. The van der Waals surface area contributed by atoms with Crippen LogP contribution in [0.1, 0.15) is 5.56 Å². The van der Waals surface area contributed by atoms with E-state index >= 15 is 0 Å². The van der Waals surface area contributed by atoms with Crippen LogP contribution < -0.4 is 0 Å². The Kier molecular flexibility index (Phi) is 7.29. The highest BCUT2D eigenvalue weighted by Gasteiger charge is 2.40. The number of carbonyl (C=O) groups is 1. The number of sulfonamides is 1. The van der Waals surface area contributed by atoms with E-state index < -0.39 is 22.0 Å². The maximum Gasteiger partial charge on any atom is 0.325 e. The Morgan fingerprint density at radius 2 is 1.58 bits per heavy atom. The average molecular weight is 529 g/mol. The highest BCUT2D eigenvalue weighted by Crippen LogP contribution is 2.25. The summed E-state index contributed by atoms with van der Waals surface area (Å²) in [5, 5.41) is 0. The molecule has 1 aliphatic heterocycles. The quantitative estimate of drug-likeness (QED) is 0.449. The molecule has 3 aromatic carbocycles. The molecule has 1 atom stereocenters. The minimum absolute atomic E-state index is 0.157. The topological polar surface area (TPSA) is 66.9 Å². The van der Waals surface area contributed by atoms with Crippen molar-refractivity contribution in [3.05, 3.63) is 88.9 Å². The number of nitrogens with zero attached hydrogens (tertiary/aromatic N) is 2. The van der Waals surface area contributed by atoms with Crippen molar-refractivity contribution in [2.45, 2.75) is 17.5 Å². The van der Waals surface area contributed by atoms with Crippen LogP contribution in [0.3, 0.4) is 0 Å². The molecule has 0 aromatic heterocycles. The van der Waals surface area contributed by atoms with Crippen LogP contribution in [0.15, 0.2) is 88.2 Å². The SMILES string of the molecule is COC(=O)C1CN(Cc2ccc(-c3ccccc3)cc2)CCN1S(=O)(=O)c1ccc(Br)cc1. The van der Waals surface area contributed by atoms with Crippen molar-refractivity contribution in [2.75, 3.05) is 26.7 Å². The first kappa shape index (κ1) is 23.6. The molecule has 8 heteroatoms. The zero-order valence-electron chi connectivity index (χ0n) is 18.2. The zero-order chi connectivity index (χ0) is 23.4. The number of methoxy groups -OCH3 is 1. The molecular formula is C25H25BrN2O4S. The molecule has 4 rings (SSSR count). The molecule has 3 aromatic rings. The number of hydrogen-bond donors (Lipinski definition) is 0. The minimum Gasteiger partial charge on any atom is -0.468 e. The van der Waals surface area contributed by atoms with E-state index in [1.54, 1.807) is 12.1 Å². The summed E-state index contributed by atoms with van der Waals surface area (Å²) in [4.78, 5) is 14.8. The summed E-state index contributed by atoms with van der Waals surface area (Å²) >= 11 is 3.32. The third kappa shape index (κ3) is 5.35. The molecule has 0 aliphatic carbocycles. The van der Waals surface area contributed by atoms with E-state index in [4.69, 9.17) is 4.74 Å². The van der Waals surface area contributed by atoms with Crippen LogP contribution >= 0.6 is 15.9 Å². The first-order valence-corrected chi connectivity index (χ1v) is 12.8. The molecule has 0 N–H and O–H groups in total. The maximum absolute atomic E-state index is 13.3. The van der Waals surface area contributed by atoms with Gasteiger partial charge in [-0.25, -0.2) is 8.42 Å². The molecular weight excluding hydrogens is 504 g/mol. The Hall–Kier alpha value is -2.52. The van der Waals surface area contributed by atoms with Gasteiger partial charge in [0, 0.05) is 30.7 Å². The molecule has 1 aliphatic rings. The predicted octanol–water partition coefficient (Wildman–Crippen LogP) is 4.16. The van der Waals surface area contributed by atoms with Crippen LogP contribution in [0.4, 0.5) is 0 Å². The van der Waals surface area contributed by atoms with Gasteiger partial charge in [-0.3, -0.25) is 9.69 Å². The Labute approximate surface area is 203 Å². The Balaban J connectivity index is 1.50. The molecule has 0 radical (unpaired) electrons. The van der Waals surface area contributed by atoms with Gasteiger partial charge in [-0.05, 0) is 41.0 Å². The van der Waals surface area contributed by atoms with E-state index in [0.717, 1.165) is 21.2 Å². The molecule has 1 fully saturated rings. The van der Waals surface area contributed by atoms with Crippen LogP contribution in [0.2, 0.25) is 0 Å². The summed E-state index contributed by atoms with van der Waals surface area (Å²) in [6.45, 7) is 1.61. The molecule has 0 bridgehead atoms. The van der Waals surface area contributed by atoms with Crippen molar-refractivity contribution in [3.8, 4) is 11.1 Å². The lowest BCUT2D eigenvalue weighted by Crippen LogP contribution is -2.58. The number of rotatable bonds is 6. The summed E-state index contributed by atoms with van der Waals surface area (Å²) in [6, 6.07) is 24.0. The van der Waals surface area contributed by atoms with Gasteiger partial charge in [-0.15, -0.1) is 0 Å². The molecule has 1 heterocycles. The van der Waals surface area contributed by atoms with Crippen molar-refractivity contribution in [1.29, 1.82) is 0 Å². The second kappa shape index (κ2) is 10.2. The monoisotopic (exact) mass is 528 g/mol. The summed E-state index contributed by atoms with van der Waals surface area (Å²) < 4.78 is 33.5. The van der Waals surface area contributed by atoms with Gasteiger partial charge in [0.15, 0.2) is 0 Å². The first-order valence-electron chi connectivity index (χ1n) is 10.6. The lowest BCUT2D eigenvalue weighted by Gasteiger charge is -2.39. The predicted molar refractivity (Wildman–Crippen MR) is 131 cm³/mol. The van der Waals surface area contributed by atoms with Crippen molar-refractivity contribution in [1.82, 2.24) is 9.21 Å². The number of carbonyl (C=O) groups excluding carboxylic acids is 1. The van der Waals surface area contributed by atoms with Crippen LogP contribution in [-0.4, -0.2) is 56.4 Å². The minimum atomic E-state index is -3.83. The van der Waals surface area contributed by atoms with E-state index in [2.05, 4.69) is 57.2 Å². The highest BCUT2D eigenvalue weighted by molar-refractivity contribution is 9.10. The van der Waals surface area contributed by atoms with E-state index in [9.17, 15) is 13.2 Å². The van der Waals surface area contributed by atoms with E-state index in [1.807, 2.05) is 18.2 Å². The second-order valence-electron chi connectivity index (χ2n) is 7.91. The molecule has 33 heavy (non-hydrogen) atoms. The molecule has 6 nitrogen and oxygen atoms in total. The van der Waals surface area contributed by atoms with Crippen LogP contribution in [0.25, 0.3) is 11.1 Å². The molecule has 1 unspecified atom stereocenters. The largest absolute Gasteiger partial charge is 0.468 e. The van der Waals surface area contributed by atoms with Gasteiger partial charge < -0.3 is 4.74 Å². The lowest BCUT2D eigenvalue weighted by molar-refractivity contribution is -0.147. The number of esters is 1. The summed E-state index contributed by atoms with van der Waals surface area (Å²) in [6.07, 6.45) is 0. The van der Waals surface area contributed by atoms with Gasteiger partial charge in [-0.1, -0.05) is 70.5 Å². The highest BCUT2D eigenvalue weighted by atomic mass is 79.9. The van der Waals surface area contributed by atoms with Gasteiger partial charge in [0.05, 0.1) is 12.0 Å². The van der Waals surface area contributed by atoms with Gasteiger partial charge in [0.25, 0.3) is 0 Å². The van der Waals surface area contributed by atoms with Crippen molar-refractivity contribution < 1.29 is 17.9 Å². The normalized spacial score (nSPS) is 17.6. The maximum atomic E-state index is 13.3. The fraction of sp³-hybridized carbons (Fsp3) is 0.240. The standard InChI is InChI=1S/C25H25BrN2O4S/c1-32-25(29)24-18-27(15-16-28(24)33(30,31)23-13-11-22(26)12-14-23)17-19-7-9-21(10-8-19)20-5-3-2-4-6-20/h2-14,24H,15-18H2,1H3. The Bertz CT molecular complexity index is 1200. The van der Waals surface area contributed by atoms with E-state index in [-0.39, 0.29) is 18.0 Å². The smallest absolute Gasteiger partial charge is 0.325 e. The second-order valence-corrected chi connectivity index (χ2v) is 10.7. The summed E-state index contributed by atoms with van der Waals surface area (Å²) in [5.41, 5.74) is 3.39. The zero-order valence-corrected chi connectivity index (χ0v) is 20.6. The van der Waals surface area contributed by atoms with Crippen LogP contribution in [0, 0.1) is 0 Å². The van der Waals surface area contributed by atoms with Gasteiger partial charge in [0.2, 0.25) is 10.0 Å². The van der Waals surface area contributed by atoms with Crippen LogP contribution in [0.5, 0.6) is 0 Å². The number of benzene rings is 3. The fourth-order valence-corrected chi connectivity index (χ4v) is 5.84. The van der Waals surface area contributed by atoms with Gasteiger partial charge in [-0.2, -0.15) is 4.31 Å². The molecule has 0 amide bonds. The van der Waals surface area contributed by atoms with E-state index in [0.29, 0.717) is 13.1 Å². The fourth-order valence-electron chi connectivity index (χ4n) is 4.02. The Morgan fingerprint density at radius 1 is 0.939 bits per heavy atom. The van der Waals surface area contributed by atoms with Gasteiger partial charge in [0.1, 0.15) is 6.04 Å². The van der Waals surface area contributed by atoms with Crippen molar-refractivity contribution >= 4 is 31.9 Å². The molecule has 0 saturated carbocycles. The number of hydrogen-bond acceptors (Lipinski definition) is 5. The molecule has 172 valence electrons. The van der Waals surface area contributed by atoms with Crippen molar-refractivity contribution in [3.63, 3.8) is 0 Å². The van der Waals surface area contributed by atoms with Crippen molar-refractivity contribution in [2.24, 2.45) is 0 Å². The van der Waals surface area contributed by atoms with Gasteiger partial charge >= 0.3 is 5.97 Å². The number of ether oxygens (including phenoxy) is 1. The third-order valence-corrected chi connectivity index (χ3v) is 8.23. The Morgan fingerprint density at radius 3 is 2.21 bits per heavy atom. The summed E-state index contributed by atoms with van der Waals surface area (Å²) in [7, 11) is -2.54. The molecule has 1 saturated heterocycles. The third-order valence-electron chi connectivity index (χ3n) is 5.78. The van der Waals surface area contributed by atoms with Crippen LogP contribution in [-0.2, 0) is 26.1 Å². The lowest BCUT2D eigenvalue weighted by atomic mass is 10.0. The van der Waals surface area contributed by atoms with E-state index in [1.165, 1.54) is 23.5 Å². The number of piperazine rings is 1. The first-order chi connectivity index (χ1) is 15.9.